The van der Waals surface area contributed by atoms with Crippen molar-refractivity contribution in [2.45, 2.75) is 38.8 Å². The maximum absolute atomic E-state index is 5.85. The van der Waals surface area contributed by atoms with Crippen LogP contribution >= 0.6 is 0 Å². The van der Waals surface area contributed by atoms with Crippen LogP contribution < -0.4 is 5.32 Å². The van der Waals surface area contributed by atoms with Crippen LogP contribution in [0.15, 0.2) is 28.9 Å². The molecule has 0 aliphatic heterocycles. The molecule has 0 amide bonds. The van der Waals surface area contributed by atoms with Crippen LogP contribution in [-0.4, -0.2) is 9.97 Å². The Labute approximate surface area is 107 Å². The van der Waals surface area contributed by atoms with Crippen LogP contribution in [0.4, 0.5) is 0 Å². The Morgan fingerprint density at radius 3 is 3.06 bits per heavy atom. The largest absolute Gasteiger partial charge is 0.464 e. The number of nitrogens with zero attached hydrogens (tertiary/aromatic N) is 1. The van der Waals surface area contributed by atoms with E-state index in [4.69, 9.17) is 4.42 Å². The molecule has 0 saturated heterocycles. The van der Waals surface area contributed by atoms with E-state index >= 15 is 0 Å². The topological polar surface area (TPSA) is 53.9 Å². The molecule has 1 saturated carbocycles. The van der Waals surface area contributed by atoms with Gasteiger partial charge >= 0.3 is 0 Å². The van der Waals surface area contributed by atoms with Gasteiger partial charge in [-0.2, -0.15) is 0 Å². The number of aromatic amines is 1. The molecule has 0 radical (unpaired) electrons. The van der Waals surface area contributed by atoms with E-state index < -0.39 is 0 Å². The first-order valence-corrected chi connectivity index (χ1v) is 6.55. The van der Waals surface area contributed by atoms with Crippen LogP contribution in [0.5, 0.6) is 0 Å². The van der Waals surface area contributed by atoms with Crippen molar-refractivity contribution in [1.82, 2.24) is 15.3 Å². The zero-order valence-corrected chi connectivity index (χ0v) is 10.8. The normalized spacial score (nSPS) is 24.1. The molecule has 0 aromatic carbocycles. The van der Waals surface area contributed by atoms with E-state index in [1.165, 1.54) is 6.42 Å². The lowest BCUT2D eigenvalue weighted by Crippen LogP contribution is -2.18. The third-order valence-electron chi connectivity index (χ3n) is 3.67. The summed E-state index contributed by atoms with van der Waals surface area (Å²) in [6.07, 6.45) is 4.88. The molecule has 2 aromatic rings. The fraction of sp³-hybridized carbons (Fsp3) is 0.500. The van der Waals surface area contributed by atoms with Crippen molar-refractivity contribution in [3.8, 4) is 0 Å². The van der Waals surface area contributed by atoms with Crippen LogP contribution in [0.25, 0.3) is 0 Å². The molecule has 2 N–H and O–H groups in total. The molecule has 1 aliphatic carbocycles. The molecule has 18 heavy (non-hydrogen) atoms. The molecule has 3 unspecified atom stereocenters. The van der Waals surface area contributed by atoms with E-state index in [1.54, 1.807) is 6.20 Å². The van der Waals surface area contributed by atoms with Crippen molar-refractivity contribution < 1.29 is 4.42 Å². The molecular weight excluding hydrogens is 226 g/mol. The SMILES string of the molecule is CC(NCc1ccc(C2CC2C)o1)c1ncc[nH]1. The Bertz CT molecular complexity index is 503. The minimum absolute atomic E-state index is 0.202. The van der Waals surface area contributed by atoms with E-state index in [-0.39, 0.29) is 6.04 Å². The summed E-state index contributed by atoms with van der Waals surface area (Å²) in [7, 11) is 0. The van der Waals surface area contributed by atoms with Crippen molar-refractivity contribution in [1.29, 1.82) is 0 Å². The summed E-state index contributed by atoms with van der Waals surface area (Å²) in [6, 6.07) is 4.39. The van der Waals surface area contributed by atoms with Crippen LogP contribution in [0.1, 0.15) is 49.6 Å². The van der Waals surface area contributed by atoms with Crippen molar-refractivity contribution in [2.75, 3.05) is 0 Å². The molecule has 3 atom stereocenters. The number of imidazole rings is 1. The first kappa shape index (κ1) is 11.5. The molecule has 1 fully saturated rings. The Hall–Kier alpha value is -1.55. The summed E-state index contributed by atoms with van der Waals surface area (Å²) >= 11 is 0. The second-order valence-corrected chi connectivity index (χ2v) is 5.20. The lowest BCUT2D eigenvalue weighted by Gasteiger charge is -2.09. The summed E-state index contributed by atoms with van der Waals surface area (Å²) in [5.41, 5.74) is 0. The summed E-state index contributed by atoms with van der Waals surface area (Å²) in [5.74, 6) is 4.55. The highest BCUT2D eigenvalue weighted by molar-refractivity contribution is 5.17. The molecule has 96 valence electrons. The van der Waals surface area contributed by atoms with Crippen LogP contribution in [0, 0.1) is 5.92 Å². The number of H-pyrrole nitrogens is 1. The van der Waals surface area contributed by atoms with Gasteiger partial charge in [-0.25, -0.2) is 4.98 Å². The number of hydrogen-bond donors (Lipinski definition) is 2. The lowest BCUT2D eigenvalue weighted by molar-refractivity contribution is 0.426. The van der Waals surface area contributed by atoms with Crippen LogP contribution in [0.2, 0.25) is 0 Å². The number of rotatable bonds is 5. The van der Waals surface area contributed by atoms with Gasteiger partial charge in [0.2, 0.25) is 0 Å². The van der Waals surface area contributed by atoms with E-state index in [0.29, 0.717) is 5.92 Å². The molecule has 1 aliphatic rings. The van der Waals surface area contributed by atoms with E-state index in [2.05, 4.69) is 41.3 Å². The van der Waals surface area contributed by atoms with Crippen molar-refractivity contribution in [3.63, 3.8) is 0 Å². The van der Waals surface area contributed by atoms with Crippen LogP contribution in [0.3, 0.4) is 0 Å². The predicted octanol–water partition coefficient (Wildman–Crippen LogP) is 2.98. The highest BCUT2D eigenvalue weighted by atomic mass is 16.3. The fourth-order valence-corrected chi connectivity index (χ4v) is 2.27. The number of nitrogens with one attached hydrogen (secondary N) is 2. The summed E-state index contributed by atoms with van der Waals surface area (Å²) < 4.78 is 5.85. The predicted molar refractivity (Wildman–Crippen MR) is 69.1 cm³/mol. The fourth-order valence-electron chi connectivity index (χ4n) is 2.27. The Balaban J connectivity index is 1.55. The molecule has 2 aromatic heterocycles. The minimum atomic E-state index is 0.202. The maximum Gasteiger partial charge on any atom is 0.122 e. The zero-order chi connectivity index (χ0) is 12.5. The molecule has 2 heterocycles. The van der Waals surface area contributed by atoms with Gasteiger partial charge in [-0.3, -0.25) is 0 Å². The van der Waals surface area contributed by atoms with Gasteiger partial charge in [0.25, 0.3) is 0 Å². The quantitative estimate of drug-likeness (QED) is 0.851. The van der Waals surface area contributed by atoms with Gasteiger partial charge in [0.1, 0.15) is 17.3 Å². The molecule has 0 bridgehead atoms. The number of furan rings is 1. The van der Waals surface area contributed by atoms with Crippen LogP contribution in [-0.2, 0) is 6.54 Å². The zero-order valence-electron chi connectivity index (χ0n) is 10.8. The summed E-state index contributed by atoms with van der Waals surface area (Å²) in [6.45, 7) is 5.10. The average molecular weight is 245 g/mol. The third kappa shape index (κ3) is 2.34. The molecular formula is C14H19N3O. The summed E-state index contributed by atoms with van der Waals surface area (Å²) in [4.78, 5) is 7.34. The van der Waals surface area contributed by atoms with E-state index in [1.807, 2.05) is 6.20 Å². The summed E-state index contributed by atoms with van der Waals surface area (Å²) in [5, 5.41) is 3.40. The highest BCUT2D eigenvalue weighted by Crippen LogP contribution is 2.47. The molecule has 3 rings (SSSR count). The molecule has 0 spiro atoms. The highest BCUT2D eigenvalue weighted by Gasteiger charge is 2.36. The van der Waals surface area contributed by atoms with Gasteiger partial charge in [0.05, 0.1) is 12.6 Å². The second kappa shape index (κ2) is 4.61. The molecule has 4 nitrogen and oxygen atoms in total. The second-order valence-electron chi connectivity index (χ2n) is 5.20. The smallest absolute Gasteiger partial charge is 0.122 e. The third-order valence-corrected chi connectivity index (χ3v) is 3.67. The monoisotopic (exact) mass is 245 g/mol. The standard InChI is InChI=1S/C14H19N3O/c1-9-7-12(9)13-4-3-11(18-13)8-17-10(2)14-15-5-6-16-14/h3-6,9-10,12,17H,7-8H2,1-2H3,(H,15,16). The van der Waals surface area contributed by atoms with E-state index in [9.17, 15) is 0 Å². The van der Waals surface area contributed by atoms with Gasteiger partial charge < -0.3 is 14.7 Å². The van der Waals surface area contributed by atoms with Crippen molar-refractivity contribution in [2.24, 2.45) is 5.92 Å². The first-order chi connectivity index (χ1) is 8.74. The van der Waals surface area contributed by atoms with Gasteiger partial charge in [-0.05, 0) is 31.4 Å². The van der Waals surface area contributed by atoms with Gasteiger partial charge in [0.15, 0.2) is 0 Å². The minimum Gasteiger partial charge on any atom is -0.464 e. The van der Waals surface area contributed by atoms with Crippen molar-refractivity contribution >= 4 is 0 Å². The Morgan fingerprint density at radius 1 is 1.56 bits per heavy atom. The van der Waals surface area contributed by atoms with Gasteiger partial charge in [-0.1, -0.05) is 6.92 Å². The Kier molecular flexibility index (Phi) is 2.96. The number of aromatic nitrogens is 2. The molecule has 4 heteroatoms. The van der Waals surface area contributed by atoms with Gasteiger partial charge in [0, 0.05) is 18.3 Å². The Morgan fingerprint density at radius 2 is 2.39 bits per heavy atom. The van der Waals surface area contributed by atoms with E-state index in [0.717, 1.165) is 29.8 Å². The maximum atomic E-state index is 5.85. The van der Waals surface area contributed by atoms with Crippen molar-refractivity contribution in [3.05, 3.63) is 41.9 Å². The van der Waals surface area contributed by atoms with Gasteiger partial charge in [-0.15, -0.1) is 0 Å². The average Bonchev–Trinajstić information content (AvgIpc) is 2.87. The number of hydrogen-bond acceptors (Lipinski definition) is 3. The first-order valence-electron chi connectivity index (χ1n) is 6.55. The lowest BCUT2D eigenvalue weighted by atomic mass is 10.3.